The molecule has 1 aliphatic rings. The molecular formula is C13H13ClN4O2. The molecule has 0 amide bonds. The van der Waals surface area contributed by atoms with Crippen molar-refractivity contribution in [3.63, 3.8) is 0 Å². The molecule has 6 nitrogen and oxygen atoms in total. The number of aromatic nitrogens is 4. The summed E-state index contributed by atoms with van der Waals surface area (Å²) in [6.45, 7) is 2.20. The summed E-state index contributed by atoms with van der Waals surface area (Å²) in [4.78, 5) is 11.3. The first-order chi connectivity index (χ1) is 9.52. The third kappa shape index (κ3) is 2.16. The zero-order valence-corrected chi connectivity index (χ0v) is 11.6. The molecule has 1 heterocycles. The second-order valence-electron chi connectivity index (χ2n) is 5.21. The first-order valence-electron chi connectivity index (χ1n) is 6.28. The smallest absolute Gasteiger partial charge is 0.311 e. The number of rotatable bonds is 4. The van der Waals surface area contributed by atoms with Crippen LogP contribution in [0.15, 0.2) is 18.2 Å². The van der Waals surface area contributed by atoms with E-state index in [-0.39, 0.29) is 0 Å². The molecule has 2 aromatic rings. The molecule has 0 atom stereocenters. The van der Waals surface area contributed by atoms with Crippen LogP contribution < -0.4 is 0 Å². The molecule has 20 heavy (non-hydrogen) atoms. The largest absolute Gasteiger partial charge is 0.481 e. The molecular weight excluding hydrogens is 280 g/mol. The van der Waals surface area contributed by atoms with Gasteiger partial charge in [-0.3, -0.25) is 4.79 Å². The van der Waals surface area contributed by atoms with E-state index in [0.717, 1.165) is 11.1 Å². The third-order valence-electron chi connectivity index (χ3n) is 3.71. The van der Waals surface area contributed by atoms with Gasteiger partial charge in [0.05, 0.1) is 12.0 Å². The van der Waals surface area contributed by atoms with E-state index in [1.54, 1.807) is 10.7 Å². The fraction of sp³-hybridized carbons (Fsp3) is 0.385. The van der Waals surface area contributed by atoms with Crippen LogP contribution in [0.1, 0.15) is 18.4 Å². The maximum absolute atomic E-state index is 11.3. The Kier molecular flexibility index (Phi) is 2.97. The number of carbonyl (C=O) groups is 1. The summed E-state index contributed by atoms with van der Waals surface area (Å²) in [7, 11) is 0. The minimum absolute atomic E-state index is 0.298. The van der Waals surface area contributed by atoms with Gasteiger partial charge in [-0.1, -0.05) is 11.6 Å². The number of hydrogen-bond acceptors (Lipinski definition) is 4. The van der Waals surface area contributed by atoms with Gasteiger partial charge in [-0.25, -0.2) is 4.68 Å². The van der Waals surface area contributed by atoms with Crippen molar-refractivity contribution in [2.45, 2.75) is 26.3 Å². The van der Waals surface area contributed by atoms with Gasteiger partial charge in [0.25, 0.3) is 0 Å². The topological polar surface area (TPSA) is 80.9 Å². The van der Waals surface area contributed by atoms with E-state index < -0.39 is 11.4 Å². The quantitative estimate of drug-likeness (QED) is 0.934. The Balaban J connectivity index is 1.94. The SMILES string of the molecule is Cc1cc(-c2nnnn2CC2(C(=O)O)CC2)ccc1Cl. The van der Waals surface area contributed by atoms with Gasteiger partial charge < -0.3 is 5.11 Å². The molecule has 1 N–H and O–H groups in total. The average molecular weight is 293 g/mol. The van der Waals surface area contributed by atoms with Crippen LogP contribution in [0.3, 0.4) is 0 Å². The van der Waals surface area contributed by atoms with Crippen molar-refractivity contribution < 1.29 is 9.90 Å². The van der Waals surface area contributed by atoms with E-state index in [4.69, 9.17) is 11.6 Å². The summed E-state index contributed by atoms with van der Waals surface area (Å²) < 4.78 is 1.56. The second kappa shape index (κ2) is 4.56. The second-order valence-corrected chi connectivity index (χ2v) is 5.62. The lowest BCUT2D eigenvalue weighted by Crippen LogP contribution is -2.22. The normalized spacial score (nSPS) is 16.1. The number of nitrogens with zero attached hydrogens (tertiary/aromatic N) is 4. The maximum atomic E-state index is 11.3. The maximum Gasteiger partial charge on any atom is 0.311 e. The predicted molar refractivity (Wildman–Crippen MR) is 72.3 cm³/mol. The number of carboxylic acid groups (broad SMARTS) is 1. The Morgan fingerprint density at radius 2 is 2.25 bits per heavy atom. The predicted octanol–water partition coefficient (Wildman–Crippen LogP) is 2.17. The summed E-state index contributed by atoms with van der Waals surface area (Å²) in [6, 6.07) is 5.51. The van der Waals surface area contributed by atoms with Crippen LogP contribution in [0.2, 0.25) is 5.02 Å². The molecule has 1 aromatic heterocycles. The van der Waals surface area contributed by atoms with Crippen LogP contribution in [0, 0.1) is 12.3 Å². The Hall–Kier alpha value is -1.95. The van der Waals surface area contributed by atoms with Crippen LogP contribution in [0.4, 0.5) is 0 Å². The molecule has 1 fully saturated rings. The van der Waals surface area contributed by atoms with Gasteiger partial charge in [0.2, 0.25) is 0 Å². The molecule has 0 radical (unpaired) electrons. The molecule has 0 aliphatic heterocycles. The van der Waals surface area contributed by atoms with Crippen molar-refractivity contribution >= 4 is 17.6 Å². The molecule has 0 spiro atoms. The third-order valence-corrected chi connectivity index (χ3v) is 4.13. The lowest BCUT2D eigenvalue weighted by molar-refractivity contribution is -0.144. The van der Waals surface area contributed by atoms with Crippen molar-refractivity contribution in [2.24, 2.45) is 5.41 Å². The van der Waals surface area contributed by atoms with Crippen molar-refractivity contribution in [1.82, 2.24) is 20.2 Å². The van der Waals surface area contributed by atoms with Gasteiger partial charge in [-0.15, -0.1) is 5.10 Å². The Labute approximate surface area is 120 Å². The molecule has 0 saturated heterocycles. The van der Waals surface area contributed by atoms with Crippen LogP contribution in [0.5, 0.6) is 0 Å². The summed E-state index contributed by atoms with van der Waals surface area (Å²) in [5, 5.41) is 21.5. The van der Waals surface area contributed by atoms with Gasteiger partial charge >= 0.3 is 5.97 Å². The lowest BCUT2D eigenvalue weighted by atomic mass is 10.1. The molecule has 104 valence electrons. The van der Waals surface area contributed by atoms with Crippen molar-refractivity contribution in [3.8, 4) is 11.4 Å². The van der Waals surface area contributed by atoms with E-state index in [1.165, 1.54) is 0 Å². The minimum Gasteiger partial charge on any atom is -0.481 e. The molecule has 3 rings (SSSR count). The summed E-state index contributed by atoms with van der Waals surface area (Å²) in [5.41, 5.74) is 1.06. The fourth-order valence-corrected chi connectivity index (χ4v) is 2.30. The highest BCUT2D eigenvalue weighted by molar-refractivity contribution is 6.31. The first kappa shape index (κ1) is 13.1. The summed E-state index contributed by atoms with van der Waals surface area (Å²) >= 11 is 6.00. The zero-order chi connectivity index (χ0) is 14.3. The number of benzene rings is 1. The van der Waals surface area contributed by atoms with Crippen molar-refractivity contribution in [3.05, 3.63) is 28.8 Å². The summed E-state index contributed by atoms with van der Waals surface area (Å²) in [5.74, 6) is -0.219. The molecule has 1 saturated carbocycles. The molecule has 7 heteroatoms. The van der Waals surface area contributed by atoms with Gasteiger partial charge in [0.1, 0.15) is 0 Å². The van der Waals surface area contributed by atoms with Gasteiger partial charge in [0, 0.05) is 10.6 Å². The van der Waals surface area contributed by atoms with E-state index in [0.29, 0.717) is 30.2 Å². The monoisotopic (exact) mass is 292 g/mol. The number of tetrazole rings is 1. The van der Waals surface area contributed by atoms with E-state index >= 15 is 0 Å². The van der Waals surface area contributed by atoms with Crippen LogP contribution in [-0.4, -0.2) is 31.3 Å². The number of aryl methyl sites for hydroxylation is 1. The van der Waals surface area contributed by atoms with E-state index in [1.807, 2.05) is 19.1 Å². The number of hydrogen-bond donors (Lipinski definition) is 1. The van der Waals surface area contributed by atoms with Crippen molar-refractivity contribution in [2.75, 3.05) is 0 Å². The Bertz CT molecular complexity index is 679. The Morgan fingerprint density at radius 1 is 1.50 bits per heavy atom. The molecule has 1 aliphatic carbocycles. The van der Waals surface area contributed by atoms with Crippen LogP contribution in [0.25, 0.3) is 11.4 Å². The highest BCUT2D eigenvalue weighted by atomic mass is 35.5. The van der Waals surface area contributed by atoms with Gasteiger partial charge in [-0.05, 0) is 54.0 Å². The van der Waals surface area contributed by atoms with E-state index in [9.17, 15) is 9.90 Å². The average Bonchev–Trinajstić information content (AvgIpc) is 3.05. The number of carboxylic acids is 1. The van der Waals surface area contributed by atoms with E-state index in [2.05, 4.69) is 15.5 Å². The van der Waals surface area contributed by atoms with Crippen LogP contribution in [-0.2, 0) is 11.3 Å². The highest BCUT2D eigenvalue weighted by Gasteiger charge is 2.51. The van der Waals surface area contributed by atoms with Crippen LogP contribution >= 0.6 is 11.6 Å². The molecule has 1 aromatic carbocycles. The number of halogens is 1. The lowest BCUT2D eigenvalue weighted by Gasteiger charge is -2.11. The molecule has 0 bridgehead atoms. The highest BCUT2D eigenvalue weighted by Crippen LogP contribution is 2.47. The van der Waals surface area contributed by atoms with Gasteiger partial charge in [0.15, 0.2) is 5.82 Å². The molecule has 0 unspecified atom stereocenters. The Morgan fingerprint density at radius 3 is 2.85 bits per heavy atom. The van der Waals surface area contributed by atoms with Gasteiger partial charge in [-0.2, -0.15) is 0 Å². The van der Waals surface area contributed by atoms with Crippen molar-refractivity contribution in [1.29, 1.82) is 0 Å². The fourth-order valence-electron chi connectivity index (χ4n) is 2.18. The first-order valence-corrected chi connectivity index (χ1v) is 6.66. The summed E-state index contributed by atoms with van der Waals surface area (Å²) in [6.07, 6.45) is 1.34. The zero-order valence-electron chi connectivity index (χ0n) is 10.9. The standard InChI is InChI=1S/C13H13ClN4O2/c1-8-6-9(2-3-10(8)14)11-15-16-17-18(11)7-13(4-5-13)12(19)20/h2-3,6H,4-5,7H2,1H3,(H,19,20). The minimum atomic E-state index is -0.786. The number of aliphatic carboxylic acids is 1.